The number of ether oxygens (including phenoxy) is 5. The number of para-hydroxylation sites is 1. The van der Waals surface area contributed by atoms with E-state index in [0.29, 0.717) is 35.5 Å². The van der Waals surface area contributed by atoms with Crippen LogP contribution in [0.15, 0.2) is 64.0 Å². The van der Waals surface area contributed by atoms with Crippen LogP contribution in [-0.4, -0.2) is 202 Å². The number of allylic oxidation sites excluding steroid dienone is 1. The van der Waals surface area contributed by atoms with Gasteiger partial charge in [0, 0.05) is 38.8 Å². The molecule has 1 aliphatic rings. The Kier molecular flexibility index (Phi) is 29.7. The number of Topliss-reactive ketones (excluding diaryl/α,β-unsaturated/α-hetero) is 1. The van der Waals surface area contributed by atoms with Crippen molar-refractivity contribution in [3.8, 4) is 36.2 Å². The number of carbonyl (C=O) groups excluding carboxylic acids is 8. The molecule has 3 N–H and O–H groups in total. The number of rotatable bonds is 36. The van der Waals surface area contributed by atoms with Gasteiger partial charge in [-0.3, -0.25) is 33.6 Å². The lowest BCUT2D eigenvalue weighted by molar-refractivity contribution is -0.147. The standard InChI is InChI=1S/C55H73N7O14S/c1-8-22-58(41(7)63)37-48(66)60(24-10-3)39-50(68)62(26-12-5)40-51(69)61(25-11-4)38-49(67)59(23-9-2)36-47(65)56-21-27-72-28-29-73-30-31-74-32-33-76-45-20-19-42(34-44(45)64)35-46-53(70)52(55(71)75-13-6)54(77-46)57-43-17-15-14-16-18-43/h1-2,14-20,34-35,57,64H,10-13,21-33,36-40H2,3-7H3,(H,56,65)/b46-35-. The molecule has 21 nitrogen and oxygen atoms in total. The van der Waals surface area contributed by atoms with Gasteiger partial charge in [0.15, 0.2) is 11.5 Å². The van der Waals surface area contributed by atoms with Crippen molar-refractivity contribution < 1.29 is 67.1 Å². The van der Waals surface area contributed by atoms with Crippen molar-refractivity contribution in [1.29, 1.82) is 0 Å². The fourth-order valence-corrected chi connectivity index (χ4v) is 8.33. The summed E-state index contributed by atoms with van der Waals surface area (Å²) in [6, 6.07) is 13.8. The third-order valence-electron chi connectivity index (χ3n) is 11.0. The van der Waals surface area contributed by atoms with Crippen molar-refractivity contribution in [1.82, 2.24) is 29.8 Å². The average Bonchev–Trinajstić information content (AvgIpc) is 3.70. The number of nitrogens with one attached hydrogen (secondary N) is 2. The van der Waals surface area contributed by atoms with Crippen LogP contribution in [0.25, 0.3) is 6.08 Å². The van der Waals surface area contributed by atoms with Gasteiger partial charge in [-0.15, -0.1) is 12.8 Å². The van der Waals surface area contributed by atoms with Crippen molar-refractivity contribution in [2.75, 3.05) is 130 Å². The number of aromatic hydroxyl groups is 1. The van der Waals surface area contributed by atoms with Crippen molar-refractivity contribution >= 4 is 70.7 Å². The van der Waals surface area contributed by atoms with E-state index in [4.69, 9.17) is 36.5 Å². The molecule has 0 unspecified atom stereocenters. The van der Waals surface area contributed by atoms with Gasteiger partial charge in [0.05, 0.1) is 88.9 Å². The number of carbonyl (C=O) groups is 8. The molecular weight excluding hydrogens is 1010 g/mol. The molecule has 22 heteroatoms. The number of phenols is 1. The molecule has 77 heavy (non-hydrogen) atoms. The van der Waals surface area contributed by atoms with Gasteiger partial charge >= 0.3 is 5.97 Å². The molecule has 418 valence electrons. The van der Waals surface area contributed by atoms with Crippen molar-refractivity contribution in [3.63, 3.8) is 0 Å². The Labute approximate surface area is 455 Å². The van der Waals surface area contributed by atoms with Crippen molar-refractivity contribution in [2.24, 2.45) is 0 Å². The Hall–Kier alpha value is -7.37. The summed E-state index contributed by atoms with van der Waals surface area (Å²) in [7, 11) is 0. The van der Waals surface area contributed by atoms with Crippen LogP contribution in [0.1, 0.15) is 59.4 Å². The highest BCUT2D eigenvalue weighted by Crippen LogP contribution is 2.41. The molecule has 0 bridgehead atoms. The minimum atomic E-state index is -0.725. The van der Waals surface area contributed by atoms with Gasteiger partial charge in [-0.05, 0) is 62.1 Å². The molecule has 0 saturated heterocycles. The summed E-state index contributed by atoms with van der Waals surface area (Å²) in [5.74, 6) is 0.744. The summed E-state index contributed by atoms with van der Waals surface area (Å²) in [6.45, 7) is 8.98. The van der Waals surface area contributed by atoms with Crippen LogP contribution in [0.5, 0.6) is 11.5 Å². The van der Waals surface area contributed by atoms with Crippen LogP contribution >= 0.6 is 11.8 Å². The lowest BCUT2D eigenvalue weighted by Gasteiger charge is -2.31. The number of thioether (sulfide) groups is 1. The van der Waals surface area contributed by atoms with E-state index in [0.717, 1.165) is 16.7 Å². The Bertz CT molecular complexity index is 2460. The third kappa shape index (κ3) is 22.8. The predicted molar refractivity (Wildman–Crippen MR) is 290 cm³/mol. The number of nitrogens with zero attached hydrogens (tertiary/aromatic N) is 5. The second-order valence-corrected chi connectivity index (χ2v) is 18.1. The first-order chi connectivity index (χ1) is 37.1. The molecule has 2 aromatic carbocycles. The highest BCUT2D eigenvalue weighted by Gasteiger charge is 2.35. The molecule has 1 heterocycles. The molecule has 0 spiro atoms. The lowest BCUT2D eigenvalue weighted by atomic mass is 10.1. The number of amides is 6. The van der Waals surface area contributed by atoms with Crippen LogP contribution in [0, 0.1) is 24.7 Å². The van der Waals surface area contributed by atoms with E-state index >= 15 is 0 Å². The number of anilines is 1. The lowest BCUT2D eigenvalue weighted by Crippen LogP contribution is -2.51. The zero-order valence-corrected chi connectivity index (χ0v) is 45.6. The van der Waals surface area contributed by atoms with Gasteiger partial charge in [0.25, 0.3) is 0 Å². The Morgan fingerprint density at radius 3 is 1.68 bits per heavy atom. The highest BCUT2D eigenvalue weighted by molar-refractivity contribution is 8.08. The number of hydrogen-bond donors (Lipinski definition) is 3. The second kappa shape index (κ2) is 35.8. The predicted octanol–water partition coefficient (Wildman–Crippen LogP) is 3.14. The Morgan fingerprint density at radius 2 is 1.17 bits per heavy atom. The fourth-order valence-electron chi connectivity index (χ4n) is 7.27. The summed E-state index contributed by atoms with van der Waals surface area (Å²) >= 11 is 1.10. The van der Waals surface area contributed by atoms with Crippen LogP contribution in [0.2, 0.25) is 0 Å². The molecular formula is C55H73N7O14S. The van der Waals surface area contributed by atoms with Gasteiger partial charge in [-0.2, -0.15) is 0 Å². The zero-order valence-electron chi connectivity index (χ0n) is 44.8. The van der Waals surface area contributed by atoms with E-state index in [1.165, 1.54) is 32.6 Å². The summed E-state index contributed by atoms with van der Waals surface area (Å²) in [6.07, 6.45) is 14.0. The van der Waals surface area contributed by atoms with Crippen LogP contribution in [-0.2, 0) is 57.3 Å². The number of ketones is 1. The first-order valence-electron chi connectivity index (χ1n) is 25.5. The minimum absolute atomic E-state index is 0.0603. The maximum Gasteiger partial charge on any atom is 0.344 e. The van der Waals surface area contributed by atoms with Crippen molar-refractivity contribution in [3.05, 3.63) is 69.6 Å². The smallest absolute Gasteiger partial charge is 0.344 e. The van der Waals surface area contributed by atoms with Gasteiger partial charge in [0.1, 0.15) is 25.3 Å². The molecule has 2 aromatic rings. The SMILES string of the molecule is C#CCN(CC(=O)N(CCC)CC(=O)N(CCC)CC(=O)N(CCC)CC(=O)N(CC#C)CC(=O)NCCOCCOCCOCCOc1ccc(/C=C2\SC(Nc3ccccc3)=C(C(=O)OCC)C2=O)cc1O)C(C)=O. The maximum absolute atomic E-state index is 13.6. The van der Waals surface area contributed by atoms with Crippen LogP contribution < -0.4 is 15.4 Å². The zero-order chi connectivity index (χ0) is 56.5. The highest BCUT2D eigenvalue weighted by atomic mass is 32.2. The minimum Gasteiger partial charge on any atom is -0.504 e. The Morgan fingerprint density at radius 1 is 0.662 bits per heavy atom. The first-order valence-corrected chi connectivity index (χ1v) is 26.3. The number of phenolic OH excluding ortho intramolecular Hbond substituents is 1. The first kappa shape index (κ1) is 63.9. The molecule has 0 saturated carbocycles. The molecule has 0 atom stereocenters. The molecule has 0 radical (unpaired) electrons. The van der Waals surface area contributed by atoms with Crippen LogP contribution in [0.3, 0.4) is 0 Å². The second-order valence-electron chi connectivity index (χ2n) is 17.1. The number of esters is 1. The Balaban J connectivity index is 1.34. The topological polar surface area (TPSA) is 243 Å². The largest absolute Gasteiger partial charge is 0.504 e. The molecule has 0 aromatic heterocycles. The van der Waals surface area contributed by atoms with Gasteiger partial charge in [0.2, 0.25) is 41.2 Å². The molecule has 6 amide bonds. The van der Waals surface area contributed by atoms with E-state index < -0.39 is 41.3 Å². The van der Waals surface area contributed by atoms with E-state index in [9.17, 15) is 43.5 Å². The van der Waals surface area contributed by atoms with Gasteiger partial charge < -0.3 is 63.9 Å². The van der Waals surface area contributed by atoms with E-state index in [1.54, 1.807) is 25.1 Å². The van der Waals surface area contributed by atoms with Gasteiger partial charge in [-0.1, -0.05) is 68.6 Å². The molecule has 0 aliphatic carbocycles. The number of terminal acetylenes is 2. The number of benzene rings is 2. The summed E-state index contributed by atoms with van der Waals surface area (Å²) in [5.41, 5.74) is 1.13. The molecule has 1 aliphatic heterocycles. The normalized spacial score (nSPS) is 12.3. The van der Waals surface area contributed by atoms with E-state index in [2.05, 4.69) is 22.5 Å². The summed E-state index contributed by atoms with van der Waals surface area (Å²) in [5, 5.41) is 16.8. The molecule has 3 rings (SSSR count). The van der Waals surface area contributed by atoms with Crippen LogP contribution in [0.4, 0.5) is 5.69 Å². The fraction of sp³-hybridized carbons (Fsp3) is 0.491. The maximum atomic E-state index is 13.6. The summed E-state index contributed by atoms with van der Waals surface area (Å²) in [4.78, 5) is 111. The van der Waals surface area contributed by atoms with Crippen molar-refractivity contribution in [2.45, 2.75) is 53.9 Å². The van der Waals surface area contributed by atoms with Gasteiger partial charge in [-0.25, -0.2) is 4.79 Å². The quantitative estimate of drug-likeness (QED) is 0.0292. The summed E-state index contributed by atoms with van der Waals surface area (Å²) < 4.78 is 27.5. The number of hydrogen-bond acceptors (Lipinski definition) is 16. The van der Waals surface area contributed by atoms with E-state index in [-0.39, 0.29) is 153 Å². The monoisotopic (exact) mass is 1090 g/mol. The molecule has 0 fully saturated rings. The average molecular weight is 1090 g/mol. The third-order valence-corrected chi connectivity index (χ3v) is 12.1. The van der Waals surface area contributed by atoms with E-state index in [1.807, 2.05) is 51.1 Å².